The second-order valence-electron chi connectivity index (χ2n) is 15.9. The van der Waals surface area contributed by atoms with Crippen LogP contribution in [0.15, 0.2) is 188 Å². The van der Waals surface area contributed by atoms with Gasteiger partial charge in [-0.1, -0.05) is 127 Å². The lowest BCUT2D eigenvalue weighted by Gasteiger charge is -2.22. The van der Waals surface area contributed by atoms with Crippen LogP contribution in [0, 0.1) is 5.82 Å². The molecule has 0 radical (unpaired) electrons. The molecule has 0 saturated heterocycles. The molecule has 0 atom stereocenters. The fourth-order valence-electron chi connectivity index (χ4n) is 9.42. The van der Waals surface area contributed by atoms with Crippen molar-refractivity contribution in [3.05, 3.63) is 194 Å². The van der Waals surface area contributed by atoms with Crippen molar-refractivity contribution >= 4 is 64.6 Å². The zero-order chi connectivity index (χ0) is 44.6. The Kier molecular flexibility index (Phi) is 9.29. The van der Waals surface area contributed by atoms with E-state index < -0.39 is 12.7 Å². The normalized spacial score (nSPS) is 12.2. The average molecular weight is 869 g/mol. The second kappa shape index (κ2) is 15.1. The van der Waals surface area contributed by atoms with Gasteiger partial charge in [0, 0.05) is 0 Å². The molecule has 0 fully saturated rings. The largest absolute Gasteiger partial charge is 0.573 e. The van der Waals surface area contributed by atoms with E-state index in [0.717, 1.165) is 92.6 Å². The molecule has 11 aromatic carbocycles. The Morgan fingerprint density at radius 2 is 0.677 bits per heavy atom. The van der Waals surface area contributed by atoms with E-state index in [9.17, 15) is 26.3 Å². The van der Waals surface area contributed by atoms with Crippen LogP contribution in [0.2, 0.25) is 0 Å². The highest BCUT2D eigenvalue weighted by Crippen LogP contribution is 2.50. The molecule has 2 nitrogen and oxygen atoms in total. The van der Waals surface area contributed by atoms with Crippen LogP contribution in [-0.4, -0.2) is 12.7 Å². The zero-order valence-corrected chi connectivity index (χ0v) is 33.9. The van der Waals surface area contributed by atoms with Gasteiger partial charge in [0.15, 0.2) is 0 Å². The van der Waals surface area contributed by atoms with E-state index in [1.54, 1.807) is 30.3 Å². The van der Waals surface area contributed by atoms with Crippen LogP contribution in [0.5, 0.6) is 11.5 Å². The van der Waals surface area contributed by atoms with Crippen molar-refractivity contribution < 1.29 is 40.2 Å². The summed E-state index contributed by atoms with van der Waals surface area (Å²) in [6.45, 7) is 0. The Bertz CT molecular complexity index is 3690. The molecule has 0 spiro atoms. The molecule has 65 heavy (non-hydrogen) atoms. The summed E-state index contributed by atoms with van der Waals surface area (Å²) in [6.07, 6.45) is -9.69. The summed E-state index contributed by atoms with van der Waals surface area (Å²) in [4.78, 5) is 0. The fraction of sp³-hybridized carbons (Fsp3) is 0.0357. The molecule has 0 unspecified atom stereocenters. The van der Waals surface area contributed by atoms with Crippen molar-refractivity contribution in [1.29, 1.82) is 0 Å². The first-order chi connectivity index (χ1) is 31.3. The van der Waals surface area contributed by atoms with Crippen molar-refractivity contribution in [1.82, 2.24) is 0 Å². The number of alkyl halides is 6. The minimum absolute atomic E-state index is 0.336. The van der Waals surface area contributed by atoms with Crippen molar-refractivity contribution in [3.8, 4) is 56.0 Å². The predicted octanol–water partition coefficient (Wildman–Crippen LogP) is 17.2. The number of ether oxygens (including phenoxy) is 2. The van der Waals surface area contributed by atoms with Crippen LogP contribution < -0.4 is 9.47 Å². The summed E-state index contributed by atoms with van der Waals surface area (Å²) >= 11 is 0. The summed E-state index contributed by atoms with van der Waals surface area (Å²) in [5.74, 6) is -1.06. The number of hydrogen-bond acceptors (Lipinski definition) is 2. The molecule has 0 bridgehead atoms. The molecule has 0 saturated carbocycles. The van der Waals surface area contributed by atoms with E-state index in [4.69, 9.17) is 0 Å². The smallest absolute Gasteiger partial charge is 0.406 e. The maximum Gasteiger partial charge on any atom is 0.573 e. The van der Waals surface area contributed by atoms with Crippen molar-refractivity contribution in [3.63, 3.8) is 0 Å². The van der Waals surface area contributed by atoms with Gasteiger partial charge in [0.05, 0.1) is 0 Å². The van der Waals surface area contributed by atoms with Crippen LogP contribution in [0.4, 0.5) is 30.7 Å². The topological polar surface area (TPSA) is 18.5 Å². The quantitative estimate of drug-likeness (QED) is 0.0942. The summed E-state index contributed by atoms with van der Waals surface area (Å²) < 4.78 is 103. The average Bonchev–Trinajstić information content (AvgIpc) is 3.29. The van der Waals surface area contributed by atoms with Gasteiger partial charge in [-0.2, -0.15) is 0 Å². The highest BCUT2D eigenvalue weighted by Gasteiger charge is 2.32. The van der Waals surface area contributed by atoms with E-state index >= 15 is 4.39 Å². The number of halogens is 7. The number of rotatable bonds is 6. The van der Waals surface area contributed by atoms with Crippen molar-refractivity contribution in [2.75, 3.05) is 0 Å². The molecular weight excluding hydrogens is 838 g/mol. The van der Waals surface area contributed by atoms with Crippen LogP contribution in [0.1, 0.15) is 0 Å². The molecule has 0 aliphatic heterocycles. The minimum atomic E-state index is -4.85. The lowest BCUT2D eigenvalue weighted by atomic mass is 9.81. The van der Waals surface area contributed by atoms with E-state index in [0.29, 0.717) is 16.5 Å². The minimum Gasteiger partial charge on any atom is -0.406 e. The van der Waals surface area contributed by atoms with Crippen LogP contribution in [-0.2, 0) is 0 Å². The van der Waals surface area contributed by atoms with Gasteiger partial charge in [-0.3, -0.25) is 0 Å². The van der Waals surface area contributed by atoms with Crippen LogP contribution in [0.3, 0.4) is 0 Å². The number of benzene rings is 11. The maximum atomic E-state index is 15.1. The maximum absolute atomic E-state index is 15.1. The molecular formula is C56H31F7O2. The molecule has 0 amide bonds. The molecule has 0 aromatic heterocycles. The SMILES string of the molecule is Fc1ccc2c(c1)cc(-c1c3ccc(-c4ccc(OC(F)(F)F)cc4)cc3c(-c3cc4ccccc4c4ccccc34)c3ccc(-c4ccc(OC(F)(F)F)cc4)cc13)c1ccccc12. The first kappa shape index (κ1) is 39.9. The fourth-order valence-corrected chi connectivity index (χ4v) is 9.42. The van der Waals surface area contributed by atoms with Crippen LogP contribution >= 0.6 is 0 Å². The van der Waals surface area contributed by atoms with Gasteiger partial charge in [0.25, 0.3) is 0 Å². The zero-order valence-electron chi connectivity index (χ0n) is 33.9. The molecule has 11 rings (SSSR count). The van der Waals surface area contributed by atoms with Gasteiger partial charge in [0.2, 0.25) is 0 Å². The lowest BCUT2D eigenvalue weighted by molar-refractivity contribution is -0.275. The van der Waals surface area contributed by atoms with Gasteiger partial charge in [-0.25, -0.2) is 4.39 Å². The van der Waals surface area contributed by atoms with Crippen LogP contribution in [0.25, 0.3) is 109 Å². The monoisotopic (exact) mass is 868 g/mol. The molecule has 9 heteroatoms. The third kappa shape index (κ3) is 7.28. The second-order valence-corrected chi connectivity index (χ2v) is 15.9. The number of hydrogen-bond donors (Lipinski definition) is 0. The van der Waals surface area contributed by atoms with Crippen molar-refractivity contribution in [2.45, 2.75) is 12.7 Å². The van der Waals surface area contributed by atoms with Crippen molar-refractivity contribution in [2.24, 2.45) is 0 Å². The van der Waals surface area contributed by atoms with Gasteiger partial charge in [-0.15, -0.1) is 26.3 Å². The van der Waals surface area contributed by atoms with E-state index in [2.05, 4.69) is 45.9 Å². The van der Waals surface area contributed by atoms with Gasteiger partial charge >= 0.3 is 12.7 Å². The lowest BCUT2D eigenvalue weighted by Crippen LogP contribution is -2.16. The summed E-state index contributed by atoms with van der Waals surface area (Å²) in [6, 6.07) is 56.8. The molecule has 316 valence electrons. The standard InChI is InChI=1S/C56H31F7O2/c57-38-19-26-42-37(27-38)31-50(46-12-6-4-10-44(42)46)54-48-25-18-34(32-13-20-39(21-14-32)64-55(58,59)60)28-51(48)53(49-30-36-7-1-2-8-41(36)43-9-3-5-11-45(43)49)47-24-17-35(29-52(47)54)33-15-22-40(23-16-33)65-56(61,62)63/h1-31H. The van der Waals surface area contributed by atoms with E-state index in [1.165, 1.54) is 36.4 Å². The highest BCUT2D eigenvalue weighted by molar-refractivity contribution is 6.29. The molecule has 0 aliphatic rings. The predicted molar refractivity (Wildman–Crippen MR) is 247 cm³/mol. The Labute approximate surface area is 366 Å². The summed E-state index contributed by atoms with van der Waals surface area (Å²) in [5, 5.41) is 10.9. The highest BCUT2D eigenvalue weighted by atomic mass is 19.4. The Morgan fingerprint density at radius 1 is 0.292 bits per heavy atom. The first-order valence-corrected chi connectivity index (χ1v) is 20.6. The summed E-state index contributed by atoms with van der Waals surface area (Å²) in [7, 11) is 0. The van der Waals surface area contributed by atoms with Gasteiger partial charge in [0.1, 0.15) is 17.3 Å². The summed E-state index contributed by atoms with van der Waals surface area (Å²) in [5.41, 5.74) is 6.31. The Hall–Kier alpha value is -7.91. The third-order valence-corrected chi connectivity index (χ3v) is 12.1. The van der Waals surface area contributed by atoms with E-state index in [1.807, 2.05) is 84.9 Å². The first-order valence-electron chi connectivity index (χ1n) is 20.6. The molecule has 0 heterocycles. The molecule has 11 aromatic rings. The number of fused-ring (bicyclic) bond motifs is 8. The molecule has 0 N–H and O–H groups in total. The van der Waals surface area contributed by atoms with Gasteiger partial charge in [-0.05, 0) is 170 Å². The third-order valence-electron chi connectivity index (χ3n) is 12.1. The van der Waals surface area contributed by atoms with E-state index in [-0.39, 0.29) is 17.3 Å². The molecule has 0 aliphatic carbocycles. The van der Waals surface area contributed by atoms with Gasteiger partial charge < -0.3 is 9.47 Å². The Morgan fingerprint density at radius 3 is 1.15 bits per heavy atom. The Balaban J connectivity index is 1.28.